The number of nitrogens with zero attached hydrogens (tertiary/aromatic N) is 1. The van der Waals surface area contributed by atoms with Crippen LogP contribution < -0.4 is 0 Å². The molecular weight excluding hydrogens is 198 g/mol. The third kappa shape index (κ3) is 5.17. The van der Waals surface area contributed by atoms with E-state index >= 15 is 0 Å². The molecule has 1 N–H and O–H groups in total. The van der Waals surface area contributed by atoms with E-state index in [0.29, 0.717) is 6.54 Å². The molecule has 0 fully saturated rings. The second-order valence-corrected chi connectivity index (χ2v) is 3.26. The van der Waals surface area contributed by atoms with Gasteiger partial charge in [0, 0.05) is 20.2 Å². The number of methoxy groups -OCH3 is 1. The molecule has 0 aliphatic carbocycles. The SMILES string of the molecule is C=CCN(CC(C)C(=O)O)C(=O)COC. The molecule has 0 heterocycles. The van der Waals surface area contributed by atoms with Crippen molar-refractivity contribution in [2.45, 2.75) is 6.92 Å². The third-order valence-electron chi connectivity index (χ3n) is 1.89. The van der Waals surface area contributed by atoms with Crippen molar-refractivity contribution in [3.63, 3.8) is 0 Å². The molecule has 0 radical (unpaired) electrons. The van der Waals surface area contributed by atoms with Crippen LogP contribution in [0.5, 0.6) is 0 Å². The first-order valence-electron chi connectivity index (χ1n) is 4.63. The van der Waals surface area contributed by atoms with Gasteiger partial charge in [0.15, 0.2) is 0 Å². The van der Waals surface area contributed by atoms with Crippen LogP contribution in [0, 0.1) is 5.92 Å². The summed E-state index contributed by atoms with van der Waals surface area (Å²) < 4.78 is 4.70. The van der Waals surface area contributed by atoms with Gasteiger partial charge in [-0.05, 0) is 0 Å². The molecule has 0 aromatic carbocycles. The van der Waals surface area contributed by atoms with Crippen molar-refractivity contribution >= 4 is 11.9 Å². The van der Waals surface area contributed by atoms with Crippen molar-refractivity contribution in [1.82, 2.24) is 4.90 Å². The second kappa shape index (κ2) is 7.00. The maximum absolute atomic E-state index is 11.5. The molecule has 0 aliphatic rings. The van der Waals surface area contributed by atoms with Crippen LogP contribution in [0.1, 0.15) is 6.92 Å². The van der Waals surface area contributed by atoms with E-state index in [4.69, 9.17) is 9.84 Å². The molecule has 0 spiro atoms. The molecule has 5 heteroatoms. The van der Waals surface area contributed by atoms with E-state index in [2.05, 4.69) is 6.58 Å². The number of carboxylic acid groups (broad SMARTS) is 1. The fourth-order valence-electron chi connectivity index (χ4n) is 1.06. The summed E-state index contributed by atoms with van der Waals surface area (Å²) in [6, 6.07) is 0. The Hall–Kier alpha value is -1.36. The van der Waals surface area contributed by atoms with Crippen LogP contribution in [-0.2, 0) is 14.3 Å². The van der Waals surface area contributed by atoms with Crippen LogP contribution in [0.3, 0.4) is 0 Å². The van der Waals surface area contributed by atoms with Gasteiger partial charge in [-0.25, -0.2) is 0 Å². The second-order valence-electron chi connectivity index (χ2n) is 3.26. The van der Waals surface area contributed by atoms with Gasteiger partial charge in [-0.2, -0.15) is 0 Å². The molecule has 1 amide bonds. The van der Waals surface area contributed by atoms with Gasteiger partial charge in [0.1, 0.15) is 6.61 Å². The molecule has 5 nitrogen and oxygen atoms in total. The number of amides is 1. The van der Waals surface area contributed by atoms with Crippen molar-refractivity contribution < 1.29 is 19.4 Å². The van der Waals surface area contributed by atoms with Crippen LogP contribution in [0.2, 0.25) is 0 Å². The molecule has 0 rings (SSSR count). The van der Waals surface area contributed by atoms with Gasteiger partial charge in [-0.3, -0.25) is 9.59 Å². The zero-order chi connectivity index (χ0) is 11.8. The van der Waals surface area contributed by atoms with E-state index in [-0.39, 0.29) is 19.1 Å². The first-order chi connectivity index (χ1) is 7.02. The smallest absolute Gasteiger partial charge is 0.308 e. The Balaban J connectivity index is 4.32. The van der Waals surface area contributed by atoms with Crippen molar-refractivity contribution in [2.24, 2.45) is 5.92 Å². The lowest BCUT2D eigenvalue weighted by molar-refractivity contribution is -0.143. The predicted molar refractivity (Wildman–Crippen MR) is 55.5 cm³/mol. The molecule has 0 bridgehead atoms. The van der Waals surface area contributed by atoms with Gasteiger partial charge in [-0.1, -0.05) is 13.0 Å². The summed E-state index contributed by atoms with van der Waals surface area (Å²) in [4.78, 5) is 23.5. The van der Waals surface area contributed by atoms with E-state index in [0.717, 1.165) is 0 Å². The number of rotatable bonds is 7. The molecular formula is C10H17NO4. The zero-order valence-electron chi connectivity index (χ0n) is 9.10. The minimum absolute atomic E-state index is 0.0415. The van der Waals surface area contributed by atoms with Crippen molar-refractivity contribution in [3.05, 3.63) is 12.7 Å². The molecule has 0 saturated heterocycles. The number of hydrogen-bond acceptors (Lipinski definition) is 3. The van der Waals surface area contributed by atoms with Crippen molar-refractivity contribution in [2.75, 3.05) is 26.8 Å². The summed E-state index contributed by atoms with van der Waals surface area (Å²) >= 11 is 0. The maximum atomic E-state index is 11.5. The Kier molecular flexibility index (Phi) is 6.37. The zero-order valence-corrected chi connectivity index (χ0v) is 9.10. The van der Waals surface area contributed by atoms with Gasteiger partial charge in [0.2, 0.25) is 5.91 Å². The fraction of sp³-hybridized carbons (Fsp3) is 0.600. The highest BCUT2D eigenvalue weighted by Crippen LogP contribution is 2.01. The molecule has 1 unspecified atom stereocenters. The van der Waals surface area contributed by atoms with Gasteiger partial charge in [0.05, 0.1) is 5.92 Å². The van der Waals surface area contributed by atoms with Crippen LogP contribution in [0.25, 0.3) is 0 Å². The molecule has 15 heavy (non-hydrogen) atoms. The van der Waals surface area contributed by atoms with E-state index in [1.165, 1.54) is 12.0 Å². The van der Waals surface area contributed by atoms with E-state index < -0.39 is 11.9 Å². The predicted octanol–water partition coefficient (Wildman–Crippen LogP) is 0.368. The normalized spacial score (nSPS) is 11.9. The lowest BCUT2D eigenvalue weighted by Gasteiger charge is -2.22. The number of carbonyl (C=O) groups excluding carboxylic acids is 1. The topological polar surface area (TPSA) is 66.8 Å². The van der Waals surface area contributed by atoms with E-state index in [1.807, 2.05) is 0 Å². The van der Waals surface area contributed by atoms with E-state index in [1.54, 1.807) is 13.0 Å². The fourth-order valence-corrected chi connectivity index (χ4v) is 1.06. The van der Waals surface area contributed by atoms with Gasteiger partial charge < -0.3 is 14.7 Å². The van der Waals surface area contributed by atoms with Gasteiger partial charge >= 0.3 is 5.97 Å². The molecule has 1 atom stereocenters. The summed E-state index contributed by atoms with van der Waals surface area (Å²) in [5, 5.41) is 8.72. The number of carbonyl (C=O) groups is 2. The Morgan fingerprint density at radius 2 is 2.20 bits per heavy atom. The first-order valence-corrected chi connectivity index (χ1v) is 4.63. The maximum Gasteiger partial charge on any atom is 0.308 e. The average Bonchev–Trinajstić information content (AvgIpc) is 2.17. The van der Waals surface area contributed by atoms with Crippen LogP contribution in [0.15, 0.2) is 12.7 Å². The largest absolute Gasteiger partial charge is 0.481 e. The monoisotopic (exact) mass is 215 g/mol. The quantitative estimate of drug-likeness (QED) is 0.623. The summed E-state index contributed by atoms with van der Waals surface area (Å²) in [7, 11) is 1.42. The highest BCUT2D eigenvalue weighted by atomic mass is 16.5. The van der Waals surface area contributed by atoms with E-state index in [9.17, 15) is 9.59 Å². The van der Waals surface area contributed by atoms with Crippen LogP contribution >= 0.6 is 0 Å². The lowest BCUT2D eigenvalue weighted by atomic mass is 10.1. The van der Waals surface area contributed by atoms with Crippen LogP contribution in [0.4, 0.5) is 0 Å². The Bertz CT molecular complexity index is 240. The summed E-state index contributed by atoms with van der Waals surface area (Å²) in [5.74, 6) is -1.74. The van der Waals surface area contributed by atoms with Crippen LogP contribution in [-0.4, -0.2) is 48.7 Å². The molecule has 0 aromatic rings. The summed E-state index contributed by atoms with van der Waals surface area (Å²) in [5.41, 5.74) is 0. The standard InChI is InChI=1S/C10H17NO4/c1-4-5-11(9(12)7-15-3)6-8(2)10(13)14/h4,8H,1,5-7H2,2-3H3,(H,13,14). The van der Waals surface area contributed by atoms with Crippen molar-refractivity contribution in [1.29, 1.82) is 0 Å². The summed E-state index contributed by atoms with van der Waals surface area (Å²) in [6.07, 6.45) is 1.56. The molecule has 0 saturated carbocycles. The third-order valence-corrected chi connectivity index (χ3v) is 1.89. The van der Waals surface area contributed by atoms with Crippen molar-refractivity contribution in [3.8, 4) is 0 Å². The Labute approximate surface area is 89.3 Å². The molecule has 0 aliphatic heterocycles. The highest BCUT2D eigenvalue weighted by Gasteiger charge is 2.19. The molecule has 86 valence electrons. The lowest BCUT2D eigenvalue weighted by Crippen LogP contribution is -2.38. The Morgan fingerprint density at radius 1 is 1.60 bits per heavy atom. The molecule has 0 aromatic heterocycles. The first kappa shape index (κ1) is 13.6. The number of carboxylic acids is 1. The highest BCUT2D eigenvalue weighted by molar-refractivity contribution is 5.78. The Morgan fingerprint density at radius 3 is 2.60 bits per heavy atom. The minimum atomic E-state index is -0.922. The van der Waals surface area contributed by atoms with Gasteiger partial charge in [0.25, 0.3) is 0 Å². The summed E-state index contributed by atoms with van der Waals surface area (Å²) in [6.45, 7) is 5.53. The minimum Gasteiger partial charge on any atom is -0.481 e. The van der Waals surface area contributed by atoms with Gasteiger partial charge in [-0.15, -0.1) is 6.58 Å². The average molecular weight is 215 g/mol. The number of aliphatic carboxylic acids is 1. The number of ether oxygens (including phenoxy) is 1. The number of hydrogen-bond donors (Lipinski definition) is 1.